The Morgan fingerprint density at radius 3 is 2.59 bits per heavy atom. The molecule has 7 nitrogen and oxygen atoms in total. The van der Waals surface area contributed by atoms with Crippen molar-refractivity contribution in [1.82, 2.24) is 20.0 Å². The third-order valence-corrected chi connectivity index (χ3v) is 7.08. The SMILES string of the molecule is [2H][C@@](Nc1cc(Cl)c2ncc(C#N)c(N[C@H](C)c3ccccc3)c2c1)(c1ccc(F)cc1)c1cn(C2CC2)nn1. The van der Waals surface area contributed by atoms with Crippen LogP contribution in [0.3, 0.4) is 0 Å². The van der Waals surface area contributed by atoms with E-state index in [0.29, 0.717) is 44.1 Å². The molecule has 9 heteroatoms. The summed E-state index contributed by atoms with van der Waals surface area (Å²) in [6, 6.07) is 19.9. The molecule has 2 aromatic heterocycles. The van der Waals surface area contributed by atoms with E-state index in [0.717, 1.165) is 18.4 Å². The van der Waals surface area contributed by atoms with E-state index in [-0.39, 0.29) is 12.1 Å². The quantitative estimate of drug-likeness (QED) is 0.217. The van der Waals surface area contributed by atoms with E-state index in [4.69, 9.17) is 11.6 Å². The molecule has 3 aromatic carbocycles. The second-order valence-corrected chi connectivity index (χ2v) is 10.0. The third kappa shape index (κ3) is 5.14. The Bertz CT molecular complexity index is 1730. The van der Waals surface area contributed by atoms with Crippen molar-refractivity contribution in [3.63, 3.8) is 0 Å². The largest absolute Gasteiger partial charge is 0.377 e. The summed E-state index contributed by atoms with van der Waals surface area (Å²) >= 11 is 6.72. The Kier molecular flexibility index (Phi) is 6.27. The smallest absolute Gasteiger partial charge is 0.123 e. The zero-order valence-electron chi connectivity index (χ0n) is 22.1. The Morgan fingerprint density at radius 1 is 1.10 bits per heavy atom. The monoisotopic (exact) mass is 538 g/mol. The number of hydrogen-bond acceptors (Lipinski definition) is 6. The van der Waals surface area contributed by atoms with Gasteiger partial charge in [-0.1, -0.05) is 59.3 Å². The number of rotatable bonds is 8. The Morgan fingerprint density at radius 2 is 1.87 bits per heavy atom. The molecule has 5 aromatic rings. The van der Waals surface area contributed by atoms with Crippen LogP contribution in [-0.2, 0) is 0 Å². The van der Waals surface area contributed by atoms with Crippen LogP contribution in [0.15, 0.2) is 79.1 Å². The van der Waals surface area contributed by atoms with Crippen LogP contribution in [0, 0.1) is 17.1 Å². The molecule has 0 amide bonds. The van der Waals surface area contributed by atoms with Crippen molar-refractivity contribution in [2.45, 2.75) is 37.9 Å². The van der Waals surface area contributed by atoms with Crippen LogP contribution in [0.2, 0.25) is 5.02 Å². The molecule has 6 rings (SSSR count). The molecule has 1 aliphatic rings. The topological polar surface area (TPSA) is 91.5 Å². The van der Waals surface area contributed by atoms with Gasteiger partial charge in [0.05, 0.1) is 41.4 Å². The van der Waals surface area contributed by atoms with Crippen molar-refractivity contribution >= 4 is 33.9 Å². The van der Waals surface area contributed by atoms with Gasteiger partial charge in [-0.3, -0.25) is 4.98 Å². The van der Waals surface area contributed by atoms with Gasteiger partial charge >= 0.3 is 0 Å². The highest BCUT2D eigenvalue weighted by atomic mass is 35.5. The summed E-state index contributed by atoms with van der Waals surface area (Å²) in [7, 11) is 0. The lowest BCUT2D eigenvalue weighted by atomic mass is 10.0. The van der Waals surface area contributed by atoms with Gasteiger partial charge < -0.3 is 10.6 Å². The highest BCUT2D eigenvalue weighted by Crippen LogP contribution is 2.38. The minimum Gasteiger partial charge on any atom is -0.377 e. The molecule has 0 aliphatic heterocycles. The van der Waals surface area contributed by atoms with Gasteiger partial charge in [0.2, 0.25) is 0 Å². The van der Waals surface area contributed by atoms with Gasteiger partial charge in [-0.25, -0.2) is 9.07 Å². The molecule has 1 saturated carbocycles. The molecule has 2 N–H and O–H groups in total. The fraction of sp³-hybridized carbons (Fsp3) is 0.200. The average Bonchev–Trinajstić information content (AvgIpc) is 3.69. The van der Waals surface area contributed by atoms with Crippen LogP contribution in [0.1, 0.15) is 61.6 Å². The molecule has 1 fully saturated rings. The van der Waals surface area contributed by atoms with E-state index in [1.807, 2.05) is 43.3 Å². The van der Waals surface area contributed by atoms with Crippen LogP contribution in [0.5, 0.6) is 0 Å². The molecule has 0 radical (unpaired) electrons. The summed E-state index contributed by atoms with van der Waals surface area (Å²) in [6.45, 7) is 2.01. The second-order valence-electron chi connectivity index (χ2n) is 9.61. The fourth-order valence-electron chi connectivity index (χ4n) is 4.57. The molecule has 0 saturated heterocycles. The first-order chi connectivity index (χ1) is 19.4. The number of halogens is 2. The number of nitrogens with one attached hydrogen (secondary N) is 2. The zero-order valence-corrected chi connectivity index (χ0v) is 21.8. The molecular formula is C30H25ClFN7. The number of fused-ring (bicyclic) bond motifs is 1. The van der Waals surface area contributed by atoms with Crippen molar-refractivity contribution in [2.24, 2.45) is 0 Å². The highest BCUT2D eigenvalue weighted by Gasteiger charge is 2.27. The molecule has 0 spiro atoms. The van der Waals surface area contributed by atoms with Gasteiger partial charge in [0, 0.05) is 23.3 Å². The maximum Gasteiger partial charge on any atom is 0.123 e. The second kappa shape index (κ2) is 10.4. The van der Waals surface area contributed by atoms with Gasteiger partial charge in [-0.05, 0) is 55.2 Å². The van der Waals surface area contributed by atoms with Gasteiger partial charge in [0.15, 0.2) is 0 Å². The number of nitriles is 1. The molecule has 0 unspecified atom stereocenters. The summed E-state index contributed by atoms with van der Waals surface area (Å²) in [4.78, 5) is 4.45. The molecule has 1 aliphatic carbocycles. The number of pyridine rings is 1. The Balaban J connectivity index is 1.45. The normalized spacial score (nSPS) is 15.7. The molecule has 2 heterocycles. The predicted molar refractivity (Wildman–Crippen MR) is 150 cm³/mol. The number of aromatic nitrogens is 4. The fourth-order valence-corrected chi connectivity index (χ4v) is 4.84. The van der Waals surface area contributed by atoms with Crippen molar-refractivity contribution in [1.29, 1.82) is 5.26 Å². The summed E-state index contributed by atoms with van der Waals surface area (Å²) in [6.07, 6.45) is 5.30. The number of anilines is 2. The van der Waals surface area contributed by atoms with Crippen LogP contribution in [0.4, 0.5) is 15.8 Å². The zero-order chi connectivity index (χ0) is 27.9. The minimum absolute atomic E-state index is 0.110. The van der Waals surface area contributed by atoms with E-state index in [1.165, 1.54) is 18.3 Å². The van der Waals surface area contributed by atoms with Crippen molar-refractivity contribution in [2.75, 3.05) is 10.6 Å². The number of nitrogens with zero attached hydrogens (tertiary/aromatic N) is 5. The van der Waals surface area contributed by atoms with Crippen LogP contribution in [-0.4, -0.2) is 20.0 Å². The molecular weight excluding hydrogens is 513 g/mol. The summed E-state index contributed by atoms with van der Waals surface area (Å²) in [5.41, 5.74) is 3.88. The van der Waals surface area contributed by atoms with E-state index < -0.39 is 11.8 Å². The lowest BCUT2D eigenvalue weighted by Crippen LogP contribution is -2.13. The van der Waals surface area contributed by atoms with Gasteiger partial charge in [-0.15, -0.1) is 5.10 Å². The van der Waals surface area contributed by atoms with E-state index in [9.17, 15) is 11.0 Å². The lowest BCUT2D eigenvalue weighted by molar-refractivity contribution is 0.610. The van der Waals surface area contributed by atoms with Crippen molar-refractivity contribution in [3.05, 3.63) is 112 Å². The Hall–Kier alpha value is -4.48. The first-order valence-corrected chi connectivity index (χ1v) is 13.0. The van der Waals surface area contributed by atoms with Gasteiger partial charge in [-0.2, -0.15) is 5.26 Å². The van der Waals surface area contributed by atoms with Gasteiger partial charge in [0.1, 0.15) is 17.6 Å². The van der Waals surface area contributed by atoms with E-state index in [2.05, 4.69) is 32.0 Å². The molecule has 2 atom stereocenters. The summed E-state index contributed by atoms with van der Waals surface area (Å²) in [5, 5.41) is 26.2. The summed E-state index contributed by atoms with van der Waals surface area (Å²) in [5.74, 6) is -0.403. The molecule has 194 valence electrons. The van der Waals surface area contributed by atoms with Crippen molar-refractivity contribution in [3.8, 4) is 6.07 Å². The first-order valence-electron chi connectivity index (χ1n) is 13.2. The maximum atomic E-state index is 13.8. The van der Waals surface area contributed by atoms with Gasteiger partial charge in [0.25, 0.3) is 0 Å². The predicted octanol–water partition coefficient (Wildman–Crippen LogP) is 7.20. The number of benzene rings is 3. The lowest BCUT2D eigenvalue weighted by Gasteiger charge is -2.21. The van der Waals surface area contributed by atoms with E-state index in [1.54, 1.807) is 29.1 Å². The maximum absolute atomic E-state index is 13.8. The molecule has 39 heavy (non-hydrogen) atoms. The van der Waals surface area contributed by atoms with E-state index >= 15 is 0 Å². The minimum atomic E-state index is -1.61. The van der Waals surface area contributed by atoms with Crippen LogP contribution >= 0.6 is 11.6 Å². The number of hydrogen-bond donors (Lipinski definition) is 2. The average molecular weight is 539 g/mol. The first kappa shape index (κ1) is 23.6. The molecule has 0 bridgehead atoms. The highest BCUT2D eigenvalue weighted by molar-refractivity contribution is 6.35. The van der Waals surface area contributed by atoms with Crippen LogP contribution < -0.4 is 10.6 Å². The van der Waals surface area contributed by atoms with Crippen molar-refractivity contribution < 1.29 is 5.76 Å². The standard InChI is InChI=1S/C30H25ClFN7/c1-18(19-5-3-2-4-6-19)35-28-21(15-33)16-34-30-25(28)13-23(14-26(30)31)36-29(20-7-9-22(32)10-8-20)27-17-39(38-37-27)24-11-12-24/h2-10,13-14,16-18,24,29,36H,11-12H2,1H3,(H,34,35)/t18-,29-/m1/s1/i29D. The third-order valence-electron chi connectivity index (χ3n) is 6.80. The Labute approximate surface area is 231 Å². The summed E-state index contributed by atoms with van der Waals surface area (Å²) < 4.78 is 25.1. The van der Waals surface area contributed by atoms with Crippen LogP contribution in [0.25, 0.3) is 10.9 Å².